The Kier molecular flexibility index (Phi) is 3.73. The standard InChI is InChI=1S/C11H13BrN4S/c1-2-10-15-8-5-7(12)6-14-11(8)16(10)4-3-9(13)17/h5-6H,2-4H2,1H3,(H2,13,17). The fourth-order valence-corrected chi connectivity index (χ4v) is 2.17. The molecule has 2 N–H and O–H groups in total. The Morgan fingerprint density at radius 3 is 3.00 bits per heavy atom. The number of nitrogens with zero attached hydrogens (tertiary/aromatic N) is 3. The van der Waals surface area contributed by atoms with E-state index in [2.05, 4.69) is 37.4 Å². The van der Waals surface area contributed by atoms with E-state index in [-0.39, 0.29) is 0 Å². The van der Waals surface area contributed by atoms with Gasteiger partial charge < -0.3 is 10.3 Å². The molecular weight excluding hydrogens is 300 g/mol. The van der Waals surface area contributed by atoms with E-state index >= 15 is 0 Å². The first kappa shape index (κ1) is 12.4. The fourth-order valence-electron chi connectivity index (χ4n) is 1.76. The number of rotatable bonds is 4. The number of hydrogen-bond acceptors (Lipinski definition) is 3. The Hall–Kier alpha value is -1.01. The molecule has 0 radical (unpaired) electrons. The van der Waals surface area contributed by atoms with Crippen molar-refractivity contribution >= 4 is 44.3 Å². The summed E-state index contributed by atoms with van der Waals surface area (Å²) in [6.45, 7) is 2.82. The second kappa shape index (κ2) is 5.10. The summed E-state index contributed by atoms with van der Waals surface area (Å²) < 4.78 is 3.02. The largest absolute Gasteiger partial charge is 0.393 e. The Labute approximate surface area is 113 Å². The van der Waals surface area contributed by atoms with Crippen molar-refractivity contribution in [3.8, 4) is 0 Å². The number of halogens is 1. The summed E-state index contributed by atoms with van der Waals surface area (Å²) in [5.74, 6) is 1.02. The third kappa shape index (κ3) is 2.63. The van der Waals surface area contributed by atoms with Crippen LogP contribution >= 0.6 is 28.1 Å². The molecule has 0 atom stereocenters. The van der Waals surface area contributed by atoms with Crippen LogP contribution in [-0.4, -0.2) is 19.5 Å². The molecule has 0 aliphatic rings. The molecule has 2 rings (SSSR count). The number of nitrogens with two attached hydrogens (primary N) is 1. The highest BCUT2D eigenvalue weighted by molar-refractivity contribution is 9.10. The van der Waals surface area contributed by atoms with Crippen molar-refractivity contribution in [1.82, 2.24) is 14.5 Å². The highest BCUT2D eigenvalue weighted by Gasteiger charge is 2.10. The van der Waals surface area contributed by atoms with Crippen molar-refractivity contribution in [3.05, 3.63) is 22.6 Å². The van der Waals surface area contributed by atoms with Gasteiger partial charge in [0.1, 0.15) is 11.3 Å². The van der Waals surface area contributed by atoms with Crippen LogP contribution in [0, 0.1) is 0 Å². The van der Waals surface area contributed by atoms with Gasteiger partial charge in [0.25, 0.3) is 0 Å². The molecule has 0 unspecified atom stereocenters. The lowest BCUT2D eigenvalue weighted by Crippen LogP contribution is -2.13. The second-order valence-electron chi connectivity index (χ2n) is 3.75. The molecule has 0 fully saturated rings. The highest BCUT2D eigenvalue weighted by atomic mass is 79.9. The van der Waals surface area contributed by atoms with Gasteiger partial charge in [-0.25, -0.2) is 9.97 Å². The molecule has 6 heteroatoms. The van der Waals surface area contributed by atoms with E-state index in [1.807, 2.05) is 6.07 Å². The van der Waals surface area contributed by atoms with Crippen LogP contribution in [0.25, 0.3) is 11.2 Å². The molecule has 17 heavy (non-hydrogen) atoms. The lowest BCUT2D eigenvalue weighted by molar-refractivity contribution is 0.692. The average molecular weight is 313 g/mol. The molecule has 2 heterocycles. The maximum Gasteiger partial charge on any atom is 0.160 e. The van der Waals surface area contributed by atoms with Gasteiger partial charge in [-0.1, -0.05) is 19.1 Å². The van der Waals surface area contributed by atoms with Gasteiger partial charge in [-0.15, -0.1) is 0 Å². The minimum atomic E-state index is 0.519. The molecule has 0 aliphatic carbocycles. The van der Waals surface area contributed by atoms with E-state index in [1.165, 1.54) is 0 Å². The van der Waals surface area contributed by atoms with Crippen LogP contribution in [0.2, 0.25) is 0 Å². The molecule has 0 aromatic carbocycles. The first-order valence-corrected chi connectivity index (χ1v) is 6.61. The van der Waals surface area contributed by atoms with Crippen LogP contribution in [0.4, 0.5) is 0 Å². The van der Waals surface area contributed by atoms with E-state index in [0.717, 1.165) is 34.4 Å². The van der Waals surface area contributed by atoms with Crippen LogP contribution in [-0.2, 0) is 13.0 Å². The predicted molar refractivity (Wildman–Crippen MR) is 76.0 cm³/mol. The van der Waals surface area contributed by atoms with Gasteiger partial charge in [0.2, 0.25) is 0 Å². The van der Waals surface area contributed by atoms with E-state index < -0.39 is 0 Å². The summed E-state index contributed by atoms with van der Waals surface area (Å²) in [4.78, 5) is 9.47. The van der Waals surface area contributed by atoms with Crippen molar-refractivity contribution in [2.45, 2.75) is 26.3 Å². The van der Waals surface area contributed by atoms with Gasteiger partial charge in [-0.05, 0) is 22.0 Å². The number of pyridine rings is 1. The SMILES string of the molecule is CCc1nc2cc(Br)cnc2n1CCC(N)=S. The van der Waals surface area contributed by atoms with Crippen LogP contribution in [0.5, 0.6) is 0 Å². The lowest BCUT2D eigenvalue weighted by Gasteiger charge is -2.06. The quantitative estimate of drug-likeness (QED) is 0.881. The van der Waals surface area contributed by atoms with Gasteiger partial charge in [-0.3, -0.25) is 0 Å². The van der Waals surface area contributed by atoms with Crippen LogP contribution in [0.15, 0.2) is 16.7 Å². The molecule has 0 amide bonds. The Morgan fingerprint density at radius 2 is 2.35 bits per heavy atom. The smallest absolute Gasteiger partial charge is 0.160 e. The molecule has 2 aromatic heterocycles. The molecule has 0 bridgehead atoms. The monoisotopic (exact) mass is 312 g/mol. The maximum absolute atomic E-state index is 5.54. The molecule has 0 aliphatic heterocycles. The van der Waals surface area contributed by atoms with E-state index in [1.54, 1.807) is 6.20 Å². The number of aromatic nitrogens is 3. The molecular formula is C11H13BrN4S. The summed E-state index contributed by atoms with van der Waals surface area (Å²) in [6.07, 6.45) is 3.32. The number of hydrogen-bond donors (Lipinski definition) is 1. The summed E-state index contributed by atoms with van der Waals surface area (Å²) in [6, 6.07) is 1.97. The predicted octanol–water partition coefficient (Wildman–Crippen LogP) is 2.43. The molecule has 2 aromatic rings. The van der Waals surface area contributed by atoms with Crippen molar-refractivity contribution in [1.29, 1.82) is 0 Å². The van der Waals surface area contributed by atoms with Gasteiger partial charge >= 0.3 is 0 Å². The Morgan fingerprint density at radius 1 is 1.59 bits per heavy atom. The van der Waals surface area contributed by atoms with E-state index in [4.69, 9.17) is 18.0 Å². The second-order valence-corrected chi connectivity index (χ2v) is 5.19. The molecule has 0 saturated heterocycles. The molecule has 4 nitrogen and oxygen atoms in total. The Balaban J connectivity index is 2.47. The Bertz CT molecular complexity index is 564. The third-order valence-corrected chi connectivity index (χ3v) is 3.17. The topological polar surface area (TPSA) is 56.7 Å². The lowest BCUT2D eigenvalue weighted by atomic mass is 10.4. The van der Waals surface area contributed by atoms with E-state index in [9.17, 15) is 0 Å². The van der Waals surface area contributed by atoms with Crippen LogP contribution in [0.3, 0.4) is 0 Å². The first-order valence-electron chi connectivity index (χ1n) is 5.40. The van der Waals surface area contributed by atoms with Gasteiger partial charge in [0.05, 0.1) is 4.99 Å². The average Bonchev–Trinajstić information content (AvgIpc) is 2.63. The van der Waals surface area contributed by atoms with Crippen LogP contribution in [0.1, 0.15) is 19.2 Å². The van der Waals surface area contributed by atoms with Gasteiger partial charge in [0, 0.05) is 30.1 Å². The fraction of sp³-hybridized carbons (Fsp3) is 0.364. The number of fused-ring (bicyclic) bond motifs is 1. The van der Waals surface area contributed by atoms with Gasteiger partial charge in [-0.2, -0.15) is 0 Å². The zero-order chi connectivity index (χ0) is 12.4. The normalized spacial score (nSPS) is 10.9. The number of thiocarbonyl (C=S) groups is 1. The van der Waals surface area contributed by atoms with E-state index in [0.29, 0.717) is 11.4 Å². The first-order chi connectivity index (χ1) is 8.11. The van der Waals surface area contributed by atoms with Crippen molar-refractivity contribution in [2.24, 2.45) is 5.73 Å². The minimum Gasteiger partial charge on any atom is -0.393 e. The third-order valence-electron chi connectivity index (χ3n) is 2.53. The van der Waals surface area contributed by atoms with Crippen LogP contribution < -0.4 is 5.73 Å². The summed E-state index contributed by atoms with van der Waals surface area (Å²) in [7, 11) is 0. The maximum atomic E-state index is 5.54. The summed E-state index contributed by atoms with van der Waals surface area (Å²) in [5, 5.41) is 0. The minimum absolute atomic E-state index is 0.519. The number of aryl methyl sites for hydroxylation is 2. The van der Waals surface area contributed by atoms with Crippen molar-refractivity contribution in [2.75, 3.05) is 0 Å². The molecule has 90 valence electrons. The zero-order valence-electron chi connectivity index (χ0n) is 9.48. The number of imidazole rings is 1. The zero-order valence-corrected chi connectivity index (χ0v) is 11.9. The van der Waals surface area contributed by atoms with Gasteiger partial charge in [0.15, 0.2) is 5.65 Å². The summed E-state index contributed by atoms with van der Waals surface area (Å²) >= 11 is 8.31. The van der Waals surface area contributed by atoms with Crippen molar-refractivity contribution in [3.63, 3.8) is 0 Å². The highest BCUT2D eigenvalue weighted by Crippen LogP contribution is 2.19. The van der Waals surface area contributed by atoms with Crippen molar-refractivity contribution < 1.29 is 0 Å². The molecule has 0 saturated carbocycles. The molecule has 0 spiro atoms. The summed E-state index contributed by atoms with van der Waals surface area (Å²) in [5.41, 5.74) is 7.33.